The van der Waals surface area contributed by atoms with Gasteiger partial charge in [-0.25, -0.2) is 4.39 Å². The molecular formula is C17H17BrFN. The second-order valence-electron chi connectivity index (χ2n) is 5.47. The smallest absolute Gasteiger partial charge is 0.124 e. The summed E-state index contributed by atoms with van der Waals surface area (Å²) in [7, 11) is 0. The Morgan fingerprint density at radius 2 is 1.75 bits per heavy atom. The van der Waals surface area contributed by atoms with Gasteiger partial charge in [0.1, 0.15) is 5.82 Å². The van der Waals surface area contributed by atoms with E-state index >= 15 is 0 Å². The Hall–Kier alpha value is -1.19. The number of rotatable bonds is 3. The highest BCUT2D eigenvalue weighted by Gasteiger charge is 2.19. The maximum atomic E-state index is 13.4. The third kappa shape index (κ3) is 2.79. The molecule has 1 unspecified atom stereocenters. The average molecular weight is 334 g/mol. The molecule has 104 valence electrons. The molecule has 1 aliphatic rings. The summed E-state index contributed by atoms with van der Waals surface area (Å²) in [4.78, 5) is 0. The van der Waals surface area contributed by atoms with Crippen molar-refractivity contribution in [3.05, 3.63) is 69.4 Å². The van der Waals surface area contributed by atoms with Crippen LogP contribution in [0.15, 0.2) is 46.9 Å². The van der Waals surface area contributed by atoms with Crippen LogP contribution in [0.1, 0.15) is 47.9 Å². The van der Waals surface area contributed by atoms with Crippen LogP contribution in [0.5, 0.6) is 0 Å². The standard InChI is InChI=1S/C17H17BrFN/c18-15-8-14(9-16(19)10-15)17(20)13-6-4-12(5-7-13)11-2-1-3-11/h4-11,17H,1-3,20H2. The van der Waals surface area contributed by atoms with E-state index in [4.69, 9.17) is 5.73 Å². The lowest BCUT2D eigenvalue weighted by Crippen LogP contribution is -2.13. The number of halogens is 2. The topological polar surface area (TPSA) is 26.0 Å². The quantitative estimate of drug-likeness (QED) is 0.848. The minimum Gasteiger partial charge on any atom is -0.320 e. The van der Waals surface area contributed by atoms with Gasteiger partial charge < -0.3 is 5.73 Å². The van der Waals surface area contributed by atoms with Crippen molar-refractivity contribution in [3.8, 4) is 0 Å². The van der Waals surface area contributed by atoms with Gasteiger partial charge in [0.25, 0.3) is 0 Å². The predicted molar refractivity (Wildman–Crippen MR) is 83.2 cm³/mol. The largest absolute Gasteiger partial charge is 0.320 e. The van der Waals surface area contributed by atoms with E-state index in [2.05, 4.69) is 40.2 Å². The normalized spacial score (nSPS) is 16.8. The fourth-order valence-electron chi connectivity index (χ4n) is 2.66. The third-order valence-electron chi connectivity index (χ3n) is 4.12. The van der Waals surface area contributed by atoms with Gasteiger partial charge in [-0.1, -0.05) is 46.6 Å². The highest BCUT2D eigenvalue weighted by atomic mass is 79.9. The summed E-state index contributed by atoms with van der Waals surface area (Å²) in [6.45, 7) is 0. The van der Waals surface area contributed by atoms with Crippen LogP contribution in [-0.4, -0.2) is 0 Å². The first-order valence-electron chi connectivity index (χ1n) is 6.95. The molecule has 2 aromatic rings. The van der Waals surface area contributed by atoms with Gasteiger partial charge in [0.15, 0.2) is 0 Å². The predicted octanol–water partition coefficient (Wildman–Crippen LogP) is 4.90. The van der Waals surface area contributed by atoms with Gasteiger partial charge in [0.2, 0.25) is 0 Å². The number of nitrogens with two attached hydrogens (primary N) is 1. The molecule has 20 heavy (non-hydrogen) atoms. The molecule has 3 heteroatoms. The Morgan fingerprint density at radius 3 is 2.30 bits per heavy atom. The van der Waals surface area contributed by atoms with Gasteiger partial charge in [0, 0.05) is 4.47 Å². The lowest BCUT2D eigenvalue weighted by molar-refractivity contribution is 0.419. The highest BCUT2D eigenvalue weighted by Crippen LogP contribution is 2.36. The van der Waals surface area contributed by atoms with Gasteiger partial charge in [-0.15, -0.1) is 0 Å². The second kappa shape index (κ2) is 5.66. The van der Waals surface area contributed by atoms with Crippen LogP contribution >= 0.6 is 15.9 Å². The van der Waals surface area contributed by atoms with Crippen molar-refractivity contribution in [2.45, 2.75) is 31.2 Å². The van der Waals surface area contributed by atoms with Crippen LogP contribution in [0.25, 0.3) is 0 Å². The lowest BCUT2D eigenvalue weighted by atomic mass is 9.79. The molecule has 1 nitrogen and oxygen atoms in total. The summed E-state index contributed by atoms with van der Waals surface area (Å²) in [5.74, 6) is 0.458. The van der Waals surface area contributed by atoms with E-state index in [0.29, 0.717) is 4.47 Å². The molecule has 0 spiro atoms. The van der Waals surface area contributed by atoms with Crippen LogP contribution in [0.2, 0.25) is 0 Å². The van der Waals surface area contributed by atoms with E-state index in [-0.39, 0.29) is 11.9 Å². The molecule has 1 saturated carbocycles. The molecule has 1 atom stereocenters. The van der Waals surface area contributed by atoms with Crippen LogP contribution in [0.3, 0.4) is 0 Å². The number of hydrogen-bond acceptors (Lipinski definition) is 1. The molecule has 0 heterocycles. The summed E-state index contributed by atoms with van der Waals surface area (Å²) >= 11 is 3.31. The SMILES string of the molecule is NC(c1ccc(C2CCC2)cc1)c1cc(F)cc(Br)c1. The van der Waals surface area contributed by atoms with Crippen molar-refractivity contribution >= 4 is 15.9 Å². The Morgan fingerprint density at radius 1 is 1.05 bits per heavy atom. The first-order valence-corrected chi connectivity index (χ1v) is 7.74. The van der Waals surface area contributed by atoms with Crippen molar-refractivity contribution in [2.75, 3.05) is 0 Å². The van der Waals surface area contributed by atoms with Crippen molar-refractivity contribution in [1.29, 1.82) is 0 Å². The number of hydrogen-bond donors (Lipinski definition) is 1. The Bertz CT molecular complexity index is 585. The highest BCUT2D eigenvalue weighted by molar-refractivity contribution is 9.10. The summed E-state index contributed by atoms with van der Waals surface area (Å²) in [6.07, 6.45) is 3.92. The molecule has 0 radical (unpaired) electrons. The summed E-state index contributed by atoms with van der Waals surface area (Å²) in [5.41, 5.74) is 9.44. The van der Waals surface area contributed by atoms with Gasteiger partial charge in [0.05, 0.1) is 6.04 Å². The molecule has 1 aliphatic carbocycles. The average Bonchev–Trinajstić information content (AvgIpc) is 2.35. The maximum absolute atomic E-state index is 13.4. The fourth-order valence-corrected chi connectivity index (χ4v) is 3.15. The zero-order valence-electron chi connectivity index (χ0n) is 11.2. The van der Waals surface area contributed by atoms with Crippen molar-refractivity contribution < 1.29 is 4.39 Å². The van der Waals surface area contributed by atoms with Crippen LogP contribution in [0.4, 0.5) is 4.39 Å². The summed E-state index contributed by atoms with van der Waals surface area (Å²) in [6, 6.07) is 13.0. The first-order chi connectivity index (χ1) is 9.63. The second-order valence-corrected chi connectivity index (χ2v) is 6.39. The van der Waals surface area contributed by atoms with Crippen molar-refractivity contribution in [2.24, 2.45) is 5.73 Å². The molecular weight excluding hydrogens is 317 g/mol. The fraction of sp³-hybridized carbons (Fsp3) is 0.294. The molecule has 0 aliphatic heterocycles. The van der Waals surface area contributed by atoms with Gasteiger partial charge in [-0.2, -0.15) is 0 Å². The molecule has 2 aromatic carbocycles. The zero-order valence-corrected chi connectivity index (χ0v) is 12.7. The molecule has 2 N–H and O–H groups in total. The number of benzene rings is 2. The van der Waals surface area contributed by atoms with E-state index < -0.39 is 0 Å². The van der Waals surface area contributed by atoms with Crippen molar-refractivity contribution in [3.63, 3.8) is 0 Å². The Kier molecular flexibility index (Phi) is 3.90. The minimum absolute atomic E-state index is 0.268. The van der Waals surface area contributed by atoms with Gasteiger partial charge in [-0.05, 0) is 53.6 Å². The van der Waals surface area contributed by atoms with E-state index in [9.17, 15) is 4.39 Å². The lowest BCUT2D eigenvalue weighted by Gasteiger charge is -2.26. The van der Waals surface area contributed by atoms with E-state index in [1.165, 1.54) is 37.0 Å². The van der Waals surface area contributed by atoms with E-state index in [1.807, 2.05) is 6.07 Å². The molecule has 0 aromatic heterocycles. The Labute approximate surface area is 127 Å². The van der Waals surface area contributed by atoms with Gasteiger partial charge >= 0.3 is 0 Å². The zero-order chi connectivity index (χ0) is 14.1. The van der Waals surface area contributed by atoms with E-state index in [0.717, 1.165) is 17.0 Å². The molecule has 0 bridgehead atoms. The molecule has 0 amide bonds. The van der Waals surface area contributed by atoms with Gasteiger partial charge in [-0.3, -0.25) is 0 Å². The van der Waals surface area contributed by atoms with Crippen molar-refractivity contribution in [1.82, 2.24) is 0 Å². The minimum atomic E-state index is -0.294. The summed E-state index contributed by atoms with van der Waals surface area (Å²) < 4.78 is 14.2. The molecule has 1 fully saturated rings. The van der Waals surface area contributed by atoms with E-state index in [1.54, 1.807) is 0 Å². The monoisotopic (exact) mass is 333 g/mol. The Balaban J connectivity index is 1.83. The van der Waals surface area contributed by atoms with Crippen LogP contribution in [-0.2, 0) is 0 Å². The summed E-state index contributed by atoms with van der Waals surface area (Å²) in [5, 5.41) is 0. The third-order valence-corrected chi connectivity index (χ3v) is 4.57. The van der Waals surface area contributed by atoms with Crippen LogP contribution < -0.4 is 5.73 Å². The molecule has 0 saturated heterocycles. The molecule has 3 rings (SSSR count). The first kappa shape index (κ1) is 13.8. The van der Waals surface area contributed by atoms with Crippen LogP contribution in [0, 0.1) is 5.82 Å². The maximum Gasteiger partial charge on any atom is 0.124 e.